The molecule has 3 amide bonds. The lowest BCUT2D eigenvalue weighted by atomic mass is 10.1. The van der Waals surface area contributed by atoms with E-state index in [1.165, 1.54) is 4.90 Å². The average molecular weight is 492 g/mol. The molecule has 0 bridgehead atoms. The number of amides is 3. The van der Waals surface area contributed by atoms with Crippen LogP contribution in [0.1, 0.15) is 33.3 Å². The van der Waals surface area contributed by atoms with Crippen LogP contribution >= 0.6 is 27.7 Å². The van der Waals surface area contributed by atoms with Gasteiger partial charge in [-0.1, -0.05) is 29.8 Å². The minimum Gasteiger partial charge on any atom is -0.342 e. The highest BCUT2D eigenvalue weighted by Crippen LogP contribution is 2.35. The third kappa shape index (κ3) is 4.64. The van der Waals surface area contributed by atoms with Crippen molar-refractivity contribution < 1.29 is 14.4 Å². The van der Waals surface area contributed by atoms with Crippen LogP contribution in [-0.2, 0) is 16.1 Å². The Kier molecular flexibility index (Phi) is 7.08. The first kappa shape index (κ1) is 22.6. The molecule has 160 valence electrons. The molecule has 0 aliphatic carbocycles. The number of hydrogen-bond acceptors (Lipinski definition) is 4. The van der Waals surface area contributed by atoms with E-state index in [2.05, 4.69) is 15.9 Å². The molecule has 1 aliphatic heterocycles. The van der Waals surface area contributed by atoms with Crippen LogP contribution in [-0.4, -0.2) is 51.1 Å². The van der Waals surface area contributed by atoms with Gasteiger partial charge in [-0.05, 0) is 55.8 Å². The van der Waals surface area contributed by atoms with Gasteiger partial charge in [0, 0.05) is 46.8 Å². The quantitative estimate of drug-likeness (QED) is 0.513. The van der Waals surface area contributed by atoms with Crippen LogP contribution in [0.5, 0.6) is 0 Å². The minimum absolute atomic E-state index is 0.0450. The van der Waals surface area contributed by atoms with Gasteiger partial charge in [-0.15, -0.1) is 0 Å². The van der Waals surface area contributed by atoms with Crippen LogP contribution in [0.4, 0.5) is 4.79 Å². The third-order valence-electron chi connectivity index (χ3n) is 5.00. The van der Waals surface area contributed by atoms with Gasteiger partial charge in [0.1, 0.15) is 6.54 Å². The highest BCUT2D eigenvalue weighted by Gasteiger charge is 2.35. The highest BCUT2D eigenvalue weighted by atomic mass is 79.9. The molecule has 1 fully saturated rings. The average Bonchev–Trinajstić information content (AvgIpc) is 3.14. The van der Waals surface area contributed by atoms with Crippen LogP contribution < -0.4 is 0 Å². The normalized spacial score (nSPS) is 15.8. The number of thioether (sulfide) groups is 1. The van der Waals surface area contributed by atoms with E-state index in [0.29, 0.717) is 24.5 Å². The van der Waals surface area contributed by atoms with E-state index < -0.39 is 0 Å². The minimum atomic E-state index is -0.256. The van der Waals surface area contributed by atoms with Crippen LogP contribution in [0.3, 0.4) is 0 Å². The van der Waals surface area contributed by atoms with Crippen molar-refractivity contribution in [2.45, 2.75) is 34.2 Å². The smallest absolute Gasteiger partial charge is 0.293 e. The third-order valence-corrected chi connectivity index (χ3v) is 6.40. The number of fused-ring (bicyclic) bond motifs is 1. The number of benzene rings is 1. The number of likely N-dealkylation sites (N-methyl/N-ethyl adjacent to an activating group) is 1. The zero-order valence-corrected chi connectivity index (χ0v) is 20.0. The Labute approximate surface area is 189 Å². The maximum atomic E-state index is 12.7. The molecule has 0 unspecified atom stereocenters. The molecule has 0 radical (unpaired) electrons. The second-order valence-corrected chi connectivity index (χ2v) is 9.53. The summed E-state index contributed by atoms with van der Waals surface area (Å²) in [5.74, 6) is -0.000696. The summed E-state index contributed by atoms with van der Waals surface area (Å²) >= 11 is 4.47. The van der Waals surface area contributed by atoms with E-state index in [1.807, 2.05) is 56.7 Å². The molecule has 0 spiro atoms. The highest BCUT2D eigenvalue weighted by molar-refractivity contribution is 9.10. The largest absolute Gasteiger partial charge is 0.342 e. The van der Waals surface area contributed by atoms with E-state index in [4.69, 9.17) is 0 Å². The predicted octanol–water partition coefficient (Wildman–Crippen LogP) is 4.96. The fraction of sp³-hybridized carbons (Fsp3) is 0.409. The van der Waals surface area contributed by atoms with Gasteiger partial charge < -0.3 is 9.47 Å². The lowest BCUT2D eigenvalue weighted by Crippen LogP contribution is -2.33. The first-order valence-corrected chi connectivity index (χ1v) is 11.7. The fourth-order valence-electron chi connectivity index (χ4n) is 3.53. The number of hydrogen-bond donors (Lipinski definition) is 0. The fourth-order valence-corrected chi connectivity index (χ4v) is 4.73. The lowest BCUT2D eigenvalue weighted by molar-refractivity contribution is -0.131. The van der Waals surface area contributed by atoms with Gasteiger partial charge in [-0.2, -0.15) is 0 Å². The molecule has 1 saturated heterocycles. The second-order valence-electron chi connectivity index (χ2n) is 7.63. The van der Waals surface area contributed by atoms with Gasteiger partial charge in [-0.25, -0.2) is 0 Å². The van der Waals surface area contributed by atoms with Crippen molar-refractivity contribution in [1.82, 2.24) is 14.4 Å². The molecule has 1 aromatic heterocycles. The Morgan fingerprint density at radius 3 is 2.57 bits per heavy atom. The van der Waals surface area contributed by atoms with Crippen LogP contribution in [0.25, 0.3) is 17.0 Å². The van der Waals surface area contributed by atoms with Crippen molar-refractivity contribution in [2.24, 2.45) is 5.92 Å². The maximum Gasteiger partial charge on any atom is 0.293 e. The molecule has 0 N–H and O–H groups in total. The summed E-state index contributed by atoms with van der Waals surface area (Å²) in [6.45, 7) is 9.84. The molecule has 6 nitrogen and oxygen atoms in total. The van der Waals surface area contributed by atoms with Gasteiger partial charge in [0.05, 0.1) is 4.91 Å². The molecular formula is C22H26BrN3O3S. The van der Waals surface area contributed by atoms with Crippen LogP contribution in [0.15, 0.2) is 33.8 Å². The van der Waals surface area contributed by atoms with Crippen LogP contribution in [0, 0.1) is 5.92 Å². The maximum absolute atomic E-state index is 12.7. The van der Waals surface area contributed by atoms with Crippen LogP contribution in [0.2, 0.25) is 0 Å². The Bertz CT molecular complexity index is 1020. The van der Waals surface area contributed by atoms with Gasteiger partial charge in [0.15, 0.2) is 0 Å². The van der Waals surface area contributed by atoms with E-state index >= 15 is 0 Å². The van der Waals surface area contributed by atoms with Crippen molar-refractivity contribution in [2.75, 3.05) is 19.6 Å². The van der Waals surface area contributed by atoms with Crippen molar-refractivity contribution in [3.63, 3.8) is 0 Å². The molecule has 2 heterocycles. The number of carbonyl (C=O) groups excluding carboxylic acids is 3. The van der Waals surface area contributed by atoms with Crippen molar-refractivity contribution in [1.29, 1.82) is 0 Å². The Morgan fingerprint density at radius 2 is 1.93 bits per heavy atom. The lowest BCUT2D eigenvalue weighted by Gasteiger charge is -2.19. The van der Waals surface area contributed by atoms with Crippen molar-refractivity contribution >= 4 is 61.7 Å². The van der Waals surface area contributed by atoms with E-state index in [9.17, 15) is 14.4 Å². The van der Waals surface area contributed by atoms with Gasteiger partial charge in [0.25, 0.3) is 11.1 Å². The first-order chi connectivity index (χ1) is 14.2. The summed E-state index contributed by atoms with van der Waals surface area (Å²) < 4.78 is 2.82. The number of carbonyl (C=O) groups is 3. The number of aromatic nitrogens is 1. The number of nitrogens with zero attached hydrogens (tertiary/aromatic N) is 3. The zero-order valence-electron chi connectivity index (χ0n) is 17.6. The molecule has 3 rings (SSSR count). The molecule has 0 atom stereocenters. The summed E-state index contributed by atoms with van der Waals surface area (Å²) in [4.78, 5) is 41.2. The topological polar surface area (TPSA) is 62.6 Å². The number of halogens is 1. The predicted molar refractivity (Wildman–Crippen MR) is 125 cm³/mol. The summed E-state index contributed by atoms with van der Waals surface area (Å²) in [6, 6.07) is 5.86. The SMILES string of the molecule is CCN(CC)C(=O)Cn1cc(/C=C2\SC(=O)N(CC(C)C)C2=O)c2cc(Br)ccc21. The van der Waals surface area contributed by atoms with Gasteiger partial charge in [-0.3, -0.25) is 19.3 Å². The van der Waals surface area contributed by atoms with Crippen molar-refractivity contribution in [3.8, 4) is 0 Å². The summed E-state index contributed by atoms with van der Waals surface area (Å²) in [5.41, 5.74) is 1.72. The van der Waals surface area contributed by atoms with Crippen molar-refractivity contribution in [3.05, 3.63) is 39.3 Å². The van der Waals surface area contributed by atoms with Gasteiger partial charge in [0.2, 0.25) is 5.91 Å². The molecule has 1 aromatic carbocycles. The molecule has 0 saturated carbocycles. The van der Waals surface area contributed by atoms with E-state index in [0.717, 1.165) is 32.7 Å². The Hall–Kier alpha value is -2.06. The molecule has 2 aromatic rings. The molecule has 30 heavy (non-hydrogen) atoms. The number of imide groups is 1. The summed E-state index contributed by atoms with van der Waals surface area (Å²) in [5, 5.41) is 0.689. The van der Waals surface area contributed by atoms with Gasteiger partial charge >= 0.3 is 0 Å². The molecule has 8 heteroatoms. The summed E-state index contributed by atoms with van der Waals surface area (Å²) in [7, 11) is 0. The Balaban J connectivity index is 1.99. The second kappa shape index (κ2) is 9.39. The Morgan fingerprint density at radius 1 is 1.23 bits per heavy atom. The summed E-state index contributed by atoms with van der Waals surface area (Å²) in [6.07, 6.45) is 3.65. The zero-order chi connectivity index (χ0) is 22.0. The first-order valence-electron chi connectivity index (χ1n) is 10.1. The molecule has 1 aliphatic rings. The monoisotopic (exact) mass is 491 g/mol. The standard InChI is InChI=1S/C22H26BrN3O3S/c1-5-24(6-2)20(27)13-25-12-15(17-10-16(23)7-8-18(17)25)9-19-21(28)26(11-14(3)4)22(29)30-19/h7-10,12,14H,5-6,11,13H2,1-4H3/b19-9-. The van der Waals surface area contributed by atoms with E-state index in [-0.39, 0.29) is 29.5 Å². The molecular weight excluding hydrogens is 466 g/mol. The number of rotatable bonds is 7. The van der Waals surface area contributed by atoms with E-state index in [1.54, 1.807) is 11.0 Å².